The molecule has 0 N–H and O–H groups in total. The Hall–Kier alpha value is -2.00. The van der Waals surface area contributed by atoms with Crippen LogP contribution in [0.5, 0.6) is 0 Å². The summed E-state index contributed by atoms with van der Waals surface area (Å²) in [7, 11) is 0. The number of esters is 1. The summed E-state index contributed by atoms with van der Waals surface area (Å²) < 4.78 is 5.03. The van der Waals surface area contributed by atoms with E-state index in [1.807, 2.05) is 6.92 Å². The largest absolute Gasteiger partial charge is 0.462 e. The highest BCUT2D eigenvalue weighted by Gasteiger charge is 2.05. The van der Waals surface area contributed by atoms with Crippen LogP contribution in [0, 0.1) is 0 Å². The van der Waals surface area contributed by atoms with Crippen LogP contribution in [0.25, 0.3) is 10.4 Å². The Balaban J connectivity index is 2.59. The lowest BCUT2D eigenvalue weighted by atomic mass is 10.2. The highest BCUT2D eigenvalue weighted by molar-refractivity contribution is 5.89. The van der Waals surface area contributed by atoms with Crippen LogP contribution in [-0.2, 0) is 4.74 Å². The zero-order valence-electron chi connectivity index (χ0n) is 9.09. The van der Waals surface area contributed by atoms with Crippen molar-refractivity contribution in [3.05, 3.63) is 40.3 Å². The fourth-order valence-corrected chi connectivity index (χ4v) is 1.11. The van der Waals surface area contributed by atoms with Crippen molar-refractivity contribution in [1.29, 1.82) is 0 Å². The Morgan fingerprint density at radius 2 is 2.12 bits per heavy atom. The normalized spacial score (nSPS) is 9.31. The summed E-state index contributed by atoms with van der Waals surface area (Å²) in [6, 6.07) is 6.32. The standard InChI is InChI=1S/C11H13N3O2/c1-2-3-8-16-11(15)9-4-6-10(7-5-9)13-14-12/h4-7H,2-3,8H2,1H3. The van der Waals surface area contributed by atoms with Crippen molar-refractivity contribution >= 4 is 11.7 Å². The van der Waals surface area contributed by atoms with Crippen LogP contribution in [0.4, 0.5) is 5.69 Å². The second-order valence-electron chi connectivity index (χ2n) is 3.23. The van der Waals surface area contributed by atoms with Crippen molar-refractivity contribution in [1.82, 2.24) is 0 Å². The summed E-state index contributed by atoms with van der Waals surface area (Å²) in [4.78, 5) is 14.1. The molecule has 0 heterocycles. The molecule has 0 unspecified atom stereocenters. The zero-order valence-corrected chi connectivity index (χ0v) is 9.09. The van der Waals surface area contributed by atoms with Gasteiger partial charge in [0, 0.05) is 10.6 Å². The monoisotopic (exact) mass is 219 g/mol. The molecule has 0 fully saturated rings. The molecule has 16 heavy (non-hydrogen) atoms. The van der Waals surface area contributed by atoms with Gasteiger partial charge >= 0.3 is 5.97 Å². The molecule has 0 radical (unpaired) electrons. The van der Waals surface area contributed by atoms with Crippen LogP contribution in [0.1, 0.15) is 30.1 Å². The van der Waals surface area contributed by atoms with Gasteiger partial charge in [0.05, 0.1) is 12.2 Å². The molecule has 0 saturated carbocycles. The highest BCUT2D eigenvalue weighted by atomic mass is 16.5. The first-order chi connectivity index (χ1) is 7.77. The molecule has 0 aliphatic carbocycles. The van der Waals surface area contributed by atoms with Gasteiger partial charge in [-0.05, 0) is 24.1 Å². The molecular weight excluding hydrogens is 206 g/mol. The maximum Gasteiger partial charge on any atom is 0.338 e. The Morgan fingerprint density at radius 3 is 2.69 bits per heavy atom. The molecule has 0 atom stereocenters. The van der Waals surface area contributed by atoms with Crippen LogP contribution in [0.15, 0.2) is 29.4 Å². The van der Waals surface area contributed by atoms with Crippen molar-refractivity contribution in [2.45, 2.75) is 19.8 Å². The molecule has 0 aromatic heterocycles. The first-order valence-corrected chi connectivity index (χ1v) is 5.10. The van der Waals surface area contributed by atoms with Gasteiger partial charge in [0.15, 0.2) is 0 Å². The van der Waals surface area contributed by atoms with Gasteiger partial charge < -0.3 is 4.74 Å². The third-order valence-electron chi connectivity index (χ3n) is 1.99. The number of hydrogen-bond acceptors (Lipinski definition) is 3. The minimum atomic E-state index is -0.346. The van der Waals surface area contributed by atoms with Gasteiger partial charge in [-0.1, -0.05) is 30.6 Å². The van der Waals surface area contributed by atoms with Crippen molar-refractivity contribution in [2.24, 2.45) is 5.11 Å². The summed E-state index contributed by atoms with van der Waals surface area (Å²) in [5.74, 6) is -0.346. The summed E-state index contributed by atoms with van der Waals surface area (Å²) in [6.45, 7) is 2.47. The van der Waals surface area contributed by atoms with E-state index >= 15 is 0 Å². The fraction of sp³-hybridized carbons (Fsp3) is 0.364. The third-order valence-corrected chi connectivity index (χ3v) is 1.99. The Kier molecular flexibility index (Phi) is 4.89. The number of azide groups is 1. The number of benzene rings is 1. The molecule has 0 saturated heterocycles. The highest BCUT2D eigenvalue weighted by Crippen LogP contribution is 2.13. The van der Waals surface area contributed by atoms with Gasteiger partial charge in [-0.2, -0.15) is 0 Å². The summed E-state index contributed by atoms with van der Waals surface area (Å²) in [6.07, 6.45) is 1.85. The van der Waals surface area contributed by atoms with E-state index in [1.54, 1.807) is 24.3 Å². The lowest BCUT2D eigenvalue weighted by Gasteiger charge is -2.03. The Bertz CT molecular complexity index is 394. The third kappa shape index (κ3) is 3.63. The lowest BCUT2D eigenvalue weighted by Crippen LogP contribution is -2.05. The minimum Gasteiger partial charge on any atom is -0.462 e. The molecule has 5 nitrogen and oxygen atoms in total. The van der Waals surface area contributed by atoms with Gasteiger partial charge in [-0.3, -0.25) is 0 Å². The first-order valence-electron chi connectivity index (χ1n) is 5.10. The van der Waals surface area contributed by atoms with Gasteiger partial charge in [-0.15, -0.1) is 0 Å². The van der Waals surface area contributed by atoms with Crippen LogP contribution in [-0.4, -0.2) is 12.6 Å². The minimum absolute atomic E-state index is 0.346. The number of carbonyl (C=O) groups excluding carboxylic acids is 1. The van der Waals surface area contributed by atoms with Crippen LogP contribution in [0.2, 0.25) is 0 Å². The van der Waals surface area contributed by atoms with Crippen molar-refractivity contribution in [3.63, 3.8) is 0 Å². The number of carbonyl (C=O) groups is 1. The topological polar surface area (TPSA) is 75.1 Å². The van der Waals surface area contributed by atoms with E-state index in [-0.39, 0.29) is 5.97 Å². The van der Waals surface area contributed by atoms with E-state index in [2.05, 4.69) is 10.0 Å². The quantitative estimate of drug-likeness (QED) is 0.249. The predicted molar refractivity (Wildman–Crippen MR) is 60.4 cm³/mol. The second-order valence-corrected chi connectivity index (χ2v) is 3.23. The number of hydrogen-bond donors (Lipinski definition) is 0. The van der Waals surface area contributed by atoms with Crippen LogP contribution >= 0.6 is 0 Å². The molecule has 1 aromatic rings. The number of rotatable bonds is 5. The molecule has 0 aliphatic heterocycles. The molecule has 0 bridgehead atoms. The van der Waals surface area contributed by atoms with E-state index in [1.165, 1.54) is 0 Å². The maximum atomic E-state index is 11.5. The van der Waals surface area contributed by atoms with E-state index in [0.29, 0.717) is 17.9 Å². The van der Waals surface area contributed by atoms with Gasteiger partial charge in [0.25, 0.3) is 0 Å². The van der Waals surface area contributed by atoms with Crippen molar-refractivity contribution in [2.75, 3.05) is 6.61 Å². The molecule has 1 rings (SSSR count). The molecule has 1 aromatic carbocycles. The number of ether oxygens (including phenoxy) is 1. The molecule has 0 aliphatic rings. The summed E-state index contributed by atoms with van der Waals surface area (Å²) in [5, 5.41) is 3.41. The Morgan fingerprint density at radius 1 is 1.44 bits per heavy atom. The average Bonchev–Trinajstić information content (AvgIpc) is 2.30. The van der Waals surface area contributed by atoms with Crippen molar-refractivity contribution < 1.29 is 9.53 Å². The molecule has 84 valence electrons. The molecule has 0 spiro atoms. The Labute approximate surface area is 93.7 Å². The SMILES string of the molecule is CCCCOC(=O)c1ccc(N=[N+]=[N-])cc1. The average molecular weight is 219 g/mol. The van der Waals surface area contributed by atoms with Crippen LogP contribution in [0.3, 0.4) is 0 Å². The number of nitrogens with zero attached hydrogens (tertiary/aromatic N) is 3. The lowest BCUT2D eigenvalue weighted by molar-refractivity contribution is 0.0500. The maximum absolute atomic E-state index is 11.5. The van der Waals surface area contributed by atoms with Crippen molar-refractivity contribution in [3.8, 4) is 0 Å². The van der Waals surface area contributed by atoms with E-state index < -0.39 is 0 Å². The zero-order chi connectivity index (χ0) is 11.8. The second kappa shape index (κ2) is 6.48. The summed E-state index contributed by atoms with van der Waals surface area (Å²) >= 11 is 0. The van der Waals surface area contributed by atoms with E-state index in [0.717, 1.165) is 12.8 Å². The fourth-order valence-electron chi connectivity index (χ4n) is 1.11. The molecule has 5 heteroatoms. The van der Waals surface area contributed by atoms with E-state index in [9.17, 15) is 4.79 Å². The van der Waals surface area contributed by atoms with Gasteiger partial charge in [0.2, 0.25) is 0 Å². The summed E-state index contributed by atoms with van der Waals surface area (Å²) in [5.41, 5.74) is 9.15. The van der Waals surface area contributed by atoms with E-state index in [4.69, 9.17) is 10.3 Å². The molecule has 0 amide bonds. The smallest absolute Gasteiger partial charge is 0.338 e. The number of unbranched alkanes of at least 4 members (excludes halogenated alkanes) is 1. The van der Waals surface area contributed by atoms with Gasteiger partial charge in [-0.25, -0.2) is 4.79 Å². The molecular formula is C11H13N3O2. The first kappa shape index (κ1) is 12.1. The van der Waals surface area contributed by atoms with Gasteiger partial charge in [0.1, 0.15) is 0 Å². The van der Waals surface area contributed by atoms with Crippen LogP contribution < -0.4 is 0 Å². The predicted octanol–water partition coefficient (Wildman–Crippen LogP) is 3.59.